The first kappa shape index (κ1) is 31.2. The summed E-state index contributed by atoms with van der Waals surface area (Å²) in [6.07, 6.45) is 2.32. The average molecular weight is 567 g/mol. The fourth-order valence-corrected chi connectivity index (χ4v) is 5.05. The maximum Gasteiger partial charge on any atom is 0.408 e. The zero-order chi connectivity index (χ0) is 29.9. The van der Waals surface area contributed by atoms with E-state index in [0.717, 1.165) is 16.7 Å². The Morgan fingerprint density at radius 1 is 1.10 bits per heavy atom. The van der Waals surface area contributed by atoms with Crippen LogP contribution in [0.4, 0.5) is 10.6 Å². The Morgan fingerprint density at radius 3 is 2.40 bits per heavy atom. The molecule has 1 aliphatic rings. The van der Waals surface area contributed by atoms with Crippen molar-refractivity contribution in [2.45, 2.75) is 84.2 Å². The van der Waals surface area contributed by atoms with Gasteiger partial charge in [0.05, 0.1) is 12.5 Å². The van der Waals surface area contributed by atoms with Crippen LogP contribution in [0.15, 0.2) is 47.6 Å². The normalized spacial score (nSPS) is 16.7. The highest BCUT2D eigenvalue weighted by molar-refractivity contribution is 6.74. The second kappa shape index (κ2) is 12.0. The van der Waals surface area contributed by atoms with Gasteiger partial charge in [-0.25, -0.2) is 14.8 Å². The summed E-state index contributed by atoms with van der Waals surface area (Å²) in [5.74, 6) is -1.14. The van der Waals surface area contributed by atoms with E-state index in [1.807, 2.05) is 36.4 Å². The Labute approximate surface area is 238 Å². The number of nitrogens with one attached hydrogen (secondary N) is 1. The van der Waals surface area contributed by atoms with Gasteiger partial charge in [-0.05, 0) is 69.1 Å². The van der Waals surface area contributed by atoms with Crippen LogP contribution in [0, 0.1) is 0 Å². The highest BCUT2D eigenvalue weighted by Gasteiger charge is 2.38. The van der Waals surface area contributed by atoms with Crippen LogP contribution in [0.5, 0.6) is 0 Å². The van der Waals surface area contributed by atoms with Crippen molar-refractivity contribution in [2.24, 2.45) is 4.99 Å². The van der Waals surface area contributed by atoms with E-state index < -0.39 is 37.9 Å². The number of carbonyl (C=O) groups excluding carboxylic acids is 3. The molecule has 1 N–H and O–H groups in total. The molecule has 0 saturated carbocycles. The standard InChI is InChI=1S/C30H42N4O5Si/c1-20(33-28(37)39-29(2,3)4)26(35)32-19-24-22-14-11-10-13-21(22)23-15-12-16-31-25(23)34(27(24)36)17-18-38-40(8,9)30(5,6)7/h10-16,19-20,24H,17-18H2,1-9H3,(H,33,37)/b32-19+/t20-,24?/m0/s1. The number of amides is 3. The minimum absolute atomic E-state index is 0.0295. The van der Waals surface area contributed by atoms with Gasteiger partial charge in [0.2, 0.25) is 5.91 Å². The van der Waals surface area contributed by atoms with E-state index in [1.165, 1.54) is 13.1 Å². The Morgan fingerprint density at radius 2 is 1.75 bits per heavy atom. The van der Waals surface area contributed by atoms with Crippen LogP contribution in [0.1, 0.15) is 59.9 Å². The van der Waals surface area contributed by atoms with E-state index in [-0.39, 0.29) is 10.9 Å². The second-order valence-corrected chi connectivity index (χ2v) is 17.3. The van der Waals surface area contributed by atoms with Crippen molar-refractivity contribution in [1.82, 2.24) is 10.3 Å². The monoisotopic (exact) mass is 566 g/mol. The molecular formula is C30H42N4O5Si. The Bertz CT molecular complexity index is 1280. The van der Waals surface area contributed by atoms with Crippen molar-refractivity contribution < 1.29 is 23.5 Å². The summed E-state index contributed by atoms with van der Waals surface area (Å²) in [6.45, 7) is 18.3. The first-order valence-corrected chi connectivity index (χ1v) is 16.5. The third kappa shape index (κ3) is 7.42. The number of hydrogen-bond acceptors (Lipinski definition) is 6. The average Bonchev–Trinajstić information content (AvgIpc) is 2.94. The van der Waals surface area contributed by atoms with E-state index in [2.05, 4.69) is 49.2 Å². The number of benzene rings is 1. The van der Waals surface area contributed by atoms with E-state index in [4.69, 9.17) is 9.16 Å². The lowest BCUT2D eigenvalue weighted by atomic mass is 9.92. The third-order valence-corrected chi connectivity index (χ3v) is 11.7. The molecule has 2 atom stereocenters. The number of aromatic nitrogens is 1. The molecule has 2 aromatic rings. The zero-order valence-electron chi connectivity index (χ0n) is 25.1. The molecule has 1 aliphatic heterocycles. The highest BCUT2D eigenvalue weighted by Crippen LogP contribution is 2.40. The minimum Gasteiger partial charge on any atom is -0.444 e. The largest absolute Gasteiger partial charge is 0.444 e. The molecule has 10 heteroatoms. The van der Waals surface area contributed by atoms with Gasteiger partial charge in [0.25, 0.3) is 5.91 Å². The predicted molar refractivity (Wildman–Crippen MR) is 160 cm³/mol. The quantitative estimate of drug-likeness (QED) is 0.339. The predicted octanol–water partition coefficient (Wildman–Crippen LogP) is 5.71. The van der Waals surface area contributed by atoms with Crippen LogP contribution < -0.4 is 10.2 Å². The van der Waals surface area contributed by atoms with Crippen LogP contribution in [0.25, 0.3) is 11.1 Å². The first-order valence-electron chi connectivity index (χ1n) is 13.6. The van der Waals surface area contributed by atoms with Crippen molar-refractivity contribution in [2.75, 3.05) is 18.1 Å². The minimum atomic E-state index is -2.04. The summed E-state index contributed by atoms with van der Waals surface area (Å²) in [5.41, 5.74) is 1.68. The Kier molecular flexibility index (Phi) is 9.36. The molecule has 9 nitrogen and oxygen atoms in total. The maximum atomic E-state index is 14.1. The summed E-state index contributed by atoms with van der Waals surface area (Å²) in [5, 5.41) is 2.53. The Hall–Kier alpha value is -3.37. The summed E-state index contributed by atoms with van der Waals surface area (Å²) >= 11 is 0. The molecule has 40 heavy (non-hydrogen) atoms. The van der Waals surface area contributed by atoms with E-state index in [9.17, 15) is 14.4 Å². The number of carbonyl (C=O) groups is 3. The third-order valence-electron chi connectivity index (χ3n) is 7.20. The number of hydrogen-bond donors (Lipinski definition) is 1. The number of rotatable bonds is 7. The number of ether oxygens (including phenoxy) is 1. The number of pyridine rings is 1. The molecular weight excluding hydrogens is 524 g/mol. The maximum absolute atomic E-state index is 14.1. The summed E-state index contributed by atoms with van der Waals surface area (Å²) in [4.78, 5) is 49.4. The second-order valence-electron chi connectivity index (χ2n) is 12.5. The van der Waals surface area contributed by atoms with Crippen molar-refractivity contribution in [1.29, 1.82) is 0 Å². The fourth-order valence-electron chi connectivity index (χ4n) is 4.02. The van der Waals surface area contributed by atoms with Crippen molar-refractivity contribution in [3.05, 3.63) is 48.2 Å². The van der Waals surface area contributed by atoms with Gasteiger partial charge in [-0.3, -0.25) is 14.5 Å². The lowest BCUT2D eigenvalue weighted by Crippen LogP contribution is -2.44. The lowest BCUT2D eigenvalue weighted by molar-refractivity contribution is -0.119. The molecule has 3 rings (SSSR count). The van der Waals surface area contributed by atoms with Gasteiger partial charge in [0.1, 0.15) is 17.5 Å². The molecule has 216 valence electrons. The molecule has 0 spiro atoms. The number of nitrogens with zero attached hydrogens (tertiary/aromatic N) is 3. The lowest BCUT2D eigenvalue weighted by Gasteiger charge is -2.36. The molecule has 0 fully saturated rings. The summed E-state index contributed by atoms with van der Waals surface area (Å²) in [6, 6.07) is 10.4. The molecule has 0 radical (unpaired) electrons. The zero-order valence-corrected chi connectivity index (χ0v) is 26.1. The van der Waals surface area contributed by atoms with Crippen molar-refractivity contribution >= 4 is 38.3 Å². The first-order chi connectivity index (χ1) is 18.5. The SMILES string of the molecule is C[C@H](NC(=O)OC(C)(C)C)C(=O)/N=C/C1C(=O)N(CCO[Si](C)(C)C(C)(C)C)c2ncccc2-c2ccccc21. The topological polar surface area (TPSA) is 110 Å². The number of fused-ring (bicyclic) bond motifs is 3. The van der Waals surface area contributed by atoms with Gasteiger partial charge in [-0.2, -0.15) is 0 Å². The summed E-state index contributed by atoms with van der Waals surface area (Å²) in [7, 11) is -2.04. The van der Waals surface area contributed by atoms with Crippen molar-refractivity contribution in [3.8, 4) is 11.1 Å². The molecule has 1 aromatic heterocycles. The number of aliphatic imine (C=N–C) groups is 1. The van der Waals surface area contributed by atoms with Crippen LogP contribution in [-0.4, -0.2) is 62.2 Å². The molecule has 0 saturated heterocycles. The molecule has 2 heterocycles. The summed E-state index contributed by atoms with van der Waals surface area (Å²) < 4.78 is 11.6. The smallest absolute Gasteiger partial charge is 0.408 e. The number of anilines is 1. The van der Waals surface area contributed by atoms with Gasteiger partial charge in [-0.15, -0.1) is 0 Å². The van der Waals surface area contributed by atoms with Gasteiger partial charge in [0, 0.05) is 24.5 Å². The van der Waals surface area contributed by atoms with Crippen LogP contribution in [-0.2, 0) is 18.8 Å². The Balaban J connectivity index is 1.91. The van der Waals surface area contributed by atoms with E-state index >= 15 is 0 Å². The molecule has 1 unspecified atom stereocenters. The van der Waals surface area contributed by atoms with Crippen LogP contribution in [0.2, 0.25) is 18.1 Å². The van der Waals surface area contributed by atoms with Gasteiger partial charge in [-0.1, -0.05) is 45.0 Å². The van der Waals surface area contributed by atoms with Gasteiger partial charge >= 0.3 is 6.09 Å². The van der Waals surface area contributed by atoms with Gasteiger partial charge < -0.3 is 14.5 Å². The van der Waals surface area contributed by atoms with Crippen molar-refractivity contribution in [3.63, 3.8) is 0 Å². The van der Waals surface area contributed by atoms with Crippen LogP contribution >= 0.6 is 0 Å². The van der Waals surface area contributed by atoms with E-state index in [1.54, 1.807) is 31.9 Å². The molecule has 0 bridgehead atoms. The van der Waals surface area contributed by atoms with Crippen LogP contribution in [0.3, 0.4) is 0 Å². The van der Waals surface area contributed by atoms with E-state index in [0.29, 0.717) is 19.0 Å². The molecule has 1 aromatic carbocycles. The highest BCUT2D eigenvalue weighted by atomic mass is 28.4. The fraction of sp³-hybridized carbons (Fsp3) is 0.500. The number of alkyl carbamates (subject to hydrolysis) is 1. The molecule has 0 aliphatic carbocycles. The molecule has 3 amide bonds. The van der Waals surface area contributed by atoms with Gasteiger partial charge in [0.15, 0.2) is 8.32 Å².